The number of methoxy groups -OCH3 is 2. The number of guanidine groups is 1. The van der Waals surface area contributed by atoms with Crippen LogP contribution in [0, 0.1) is 5.92 Å². The molecule has 0 aliphatic rings. The van der Waals surface area contributed by atoms with Crippen LogP contribution in [0.3, 0.4) is 0 Å². The van der Waals surface area contributed by atoms with Gasteiger partial charge in [0, 0.05) is 18.3 Å². The molecule has 1 aromatic rings. The summed E-state index contributed by atoms with van der Waals surface area (Å²) in [4.78, 5) is 4.33. The van der Waals surface area contributed by atoms with E-state index in [0.29, 0.717) is 17.5 Å². The summed E-state index contributed by atoms with van der Waals surface area (Å²) < 4.78 is 10.4. The predicted molar refractivity (Wildman–Crippen MR) is 88.3 cm³/mol. The molecule has 1 aromatic carbocycles. The lowest BCUT2D eigenvalue weighted by atomic mass is 10.1. The van der Waals surface area contributed by atoms with Crippen LogP contribution in [0.15, 0.2) is 23.2 Å². The maximum atomic E-state index is 5.88. The van der Waals surface area contributed by atoms with Gasteiger partial charge in [0.25, 0.3) is 0 Å². The zero-order valence-corrected chi connectivity index (χ0v) is 13.5. The Kier molecular flexibility index (Phi) is 7.43. The first kappa shape index (κ1) is 17.1. The molecule has 3 N–H and O–H groups in total. The Morgan fingerprint density at radius 3 is 2.52 bits per heavy atom. The van der Waals surface area contributed by atoms with Gasteiger partial charge < -0.3 is 20.5 Å². The number of anilines is 1. The molecule has 1 rings (SSSR count). The predicted octanol–water partition coefficient (Wildman–Crippen LogP) is 3.26. The smallest absolute Gasteiger partial charge is 0.193 e. The van der Waals surface area contributed by atoms with Gasteiger partial charge in [-0.25, -0.2) is 0 Å². The second-order valence-electron chi connectivity index (χ2n) is 5.35. The molecule has 5 heteroatoms. The molecular formula is C16H27N3O2. The van der Waals surface area contributed by atoms with Crippen LogP contribution in [0.4, 0.5) is 5.69 Å². The highest BCUT2D eigenvalue weighted by atomic mass is 16.5. The Bertz CT molecular complexity index is 459. The van der Waals surface area contributed by atoms with Crippen LogP contribution >= 0.6 is 0 Å². The fraction of sp³-hybridized carbons (Fsp3) is 0.562. The van der Waals surface area contributed by atoms with E-state index in [4.69, 9.17) is 15.2 Å². The van der Waals surface area contributed by atoms with Gasteiger partial charge in [-0.1, -0.05) is 26.7 Å². The van der Waals surface area contributed by atoms with E-state index in [-0.39, 0.29) is 0 Å². The summed E-state index contributed by atoms with van der Waals surface area (Å²) in [5.74, 6) is 2.52. The Morgan fingerprint density at radius 1 is 1.19 bits per heavy atom. The molecule has 0 bridgehead atoms. The van der Waals surface area contributed by atoms with Crippen molar-refractivity contribution in [2.75, 3.05) is 26.1 Å². The molecule has 0 aliphatic carbocycles. The van der Waals surface area contributed by atoms with E-state index in [1.807, 2.05) is 18.2 Å². The zero-order valence-electron chi connectivity index (χ0n) is 13.5. The molecule has 0 heterocycles. The fourth-order valence-corrected chi connectivity index (χ4v) is 1.97. The highest BCUT2D eigenvalue weighted by Gasteiger charge is 2.04. The van der Waals surface area contributed by atoms with E-state index >= 15 is 0 Å². The minimum Gasteiger partial charge on any atom is -0.493 e. The largest absolute Gasteiger partial charge is 0.493 e. The first-order chi connectivity index (χ1) is 10.1. The van der Waals surface area contributed by atoms with E-state index in [1.54, 1.807) is 14.2 Å². The molecular weight excluding hydrogens is 266 g/mol. The van der Waals surface area contributed by atoms with Gasteiger partial charge in [0.15, 0.2) is 17.5 Å². The number of benzene rings is 1. The van der Waals surface area contributed by atoms with E-state index < -0.39 is 0 Å². The Morgan fingerprint density at radius 2 is 1.90 bits per heavy atom. The van der Waals surface area contributed by atoms with Crippen molar-refractivity contribution in [2.45, 2.75) is 33.1 Å². The van der Waals surface area contributed by atoms with E-state index in [2.05, 4.69) is 24.2 Å². The molecule has 0 radical (unpaired) electrons. The topological polar surface area (TPSA) is 68.9 Å². The second kappa shape index (κ2) is 9.10. The van der Waals surface area contributed by atoms with Crippen LogP contribution < -0.4 is 20.5 Å². The van der Waals surface area contributed by atoms with Gasteiger partial charge in [-0.05, 0) is 24.5 Å². The summed E-state index contributed by atoms with van der Waals surface area (Å²) in [5.41, 5.74) is 6.71. The van der Waals surface area contributed by atoms with Gasteiger partial charge in [-0.15, -0.1) is 0 Å². The zero-order chi connectivity index (χ0) is 15.7. The third kappa shape index (κ3) is 6.38. The number of hydrogen-bond donors (Lipinski definition) is 2. The molecule has 5 nitrogen and oxygen atoms in total. The Labute approximate surface area is 127 Å². The van der Waals surface area contributed by atoms with Crippen molar-refractivity contribution in [3.05, 3.63) is 18.2 Å². The van der Waals surface area contributed by atoms with Crippen molar-refractivity contribution in [1.29, 1.82) is 0 Å². The summed E-state index contributed by atoms with van der Waals surface area (Å²) in [6.45, 7) is 5.21. The number of rotatable bonds is 8. The fourth-order valence-electron chi connectivity index (χ4n) is 1.97. The first-order valence-corrected chi connectivity index (χ1v) is 7.35. The average molecular weight is 293 g/mol. The van der Waals surface area contributed by atoms with E-state index in [9.17, 15) is 0 Å². The second-order valence-corrected chi connectivity index (χ2v) is 5.35. The number of nitrogens with one attached hydrogen (secondary N) is 1. The molecule has 21 heavy (non-hydrogen) atoms. The van der Waals surface area contributed by atoms with Crippen molar-refractivity contribution >= 4 is 11.6 Å². The third-order valence-corrected chi connectivity index (χ3v) is 3.13. The molecule has 0 spiro atoms. The van der Waals surface area contributed by atoms with Crippen LogP contribution in [-0.2, 0) is 0 Å². The van der Waals surface area contributed by atoms with Crippen LogP contribution in [-0.4, -0.2) is 26.7 Å². The van der Waals surface area contributed by atoms with Crippen molar-refractivity contribution in [3.8, 4) is 11.5 Å². The summed E-state index contributed by atoms with van der Waals surface area (Å²) in [6, 6.07) is 5.54. The maximum absolute atomic E-state index is 5.88. The number of aliphatic imine (C=N–C) groups is 1. The number of nitrogens with zero attached hydrogens (tertiary/aromatic N) is 1. The number of ether oxygens (including phenoxy) is 2. The molecule has 0 aliphatic heterocycles. The molecule has 0 unspecified atom stereocenters. The van der Waals surface area contributed by atoms with Gasteiger partial charge in [0.1, 0.15) is 0 Å². The monoisotopic (exact) mass is 293 g/mol. The lowest BCUT2D eigenvalue weighted by molar-refractivity contribution is 0.355. The van der Waals surface area contributed by atoms with Crippen molar-refractivity contribution < 1.29 is 9.47 Å². The normalized spacial score (nSPS) is 11.6. The number of unbranched alkanes of at least 4 members (excludes halogenated alkanes) is 1. The lowest BCUT2D eigenvalue weighted by Gasteiger charge is -2.11. The molecule has 0 atom stereocenters. The van der Waals surface area contributed by atoms with Gasteiger partial charge in [-0.3, -0.25) is 4.99 Å². The van der Waals surface area contributed by atoms with E-state index in [0.717, 1.165) is 24.6 Å². The Hall–Kier alpha value is -1.91. The van der Waals surface area contributed by atoms with E-state index in [1.165, 1.54) is 12.8 Å². The first-order valence-electron chi connectivity index (χ1n) is 7.35. The molecule has 0 saturated heterocycles. The molecule has 0 saturated carbocycles. The average Bonchev–Trinajstić information content (AvgIpc) is 2.46. The highest BCUT2D eigenvalue weighted by molar-refractivity contribution is 5.92. The van der Waals surface area contributed by atoms with Gasteiger partial charge >= 0.3 is 0 Å². The van der Waals surface area contributed by atoms with Crippen molar-refractivity contribution in [1.82, 2.24) is 0 Å². The maximum Gasteiger partial charge on any atom is 0.193 e. The van der Waals surface area contributed by atoms with Crippen molar-refractivity contribution in [3.63, 3.8) is 0 Å². The summed E-state index contributed by atoms with van der Waals surface area (Å²) >= 11 is 0. The van der Waals surface area contributed by atoms with Crippen LogP contribution in [0.25, 0.3) is 0 Å². The van der Waals surface area contributed by atoms with Gasteiger partial charge in [0.2, 0.25) is 0 Å². The third-order valence-electron chi connectivity index (χ3n) is 3.13. The minimum atomic E-state index is 0.423. The van der Waals surface area contributed by atoms with Crippen molar-refractivity contribution in [2.24, 2.45) is 16.6 Å². The minimum absolute atomic E-state index is 0.423. The summed E-state index contributed by atoms with van der Waals surface area (Å²) in [6.07, 6.45) is 3.48. The molecule has 118 valence electrons. The van der Waals surface area contributed by atoms with Gasteiger partial charge in [-0.2, -0.15) is 0 Å². The Balaban J connectivity index is 2.48. The van der Waals surface area contributed by atoms with Crippen LogP contribution in [0.1, 0.15) is 33.1 Å². The van der Waals surface area contributed by atoms with Crippen LogP contribution in [0.5, 0.6) is 11.5 Å². The standard InChI is InChI=1S/C16H27N3O2/c1-12(2)7-5-6-10-18-16(17)19-13-8-9-14(20-3)15(11-13)21-4/h8-9,11-12H,5-7,10H2,1-4H3,(H3,17,18,19). The molecule has 0 fully saturated rings. The molecule has 0 aromatic heterocycles. The summed E-state index contributed by atoms with van der Waals surface area (Å²) in [7, 11) is 3.21. The van der Waals surface area contributed by atoms with Gasteiger partial charge in [0.05, 0.1) is 14.2 Å². The quantitative estimate of drug-likeness (QED) is 0.438. The number of nitrogens with two attached hydrogens (primary N) is 1. The lowest BCUT2D eigenvalue weighted by Crippen LogP contribution is -2.22. The molecule has 0 amide bonds. The number of hydrogen-bond acceptors (Lipinski definition) is 3. The summed E-state index contributed by atoms with van der Waals surface area (Å²) in [5, 5.41) is 3.06. The highest BCUT2D eigenvalue weighted by Crippen LogP contribution is 2.29. The van der Waals surface area contributed by atoms with Crippen LogP contribution in [0.2, 0.25) is 0 Å². The SMILES string of the molecule is COc1ccc(NC(N)=NCCCCC(C)C)cc1OC.